The van der Waals surface area contributed by atoms with Crippen LogP contribution in [0.25, 0.3) is 0 Å². The molecular formula is C17H19BrN2. The van der Waals surface area contributed by atoms with Gasteiger partial charge < -0.3 is 5.32 Å². The second kappa shape index (κ2) is 5.57. The van der Waals surface area contributed by atoms with E-state index in [4.69, 9.17) is 0 Å². The topological polar surface area (TPSA) is 24.9 Å². The maximum atomic E-state index is 4.37. The van der Waals surface area contributed by atoms with E-state index in [1.54, 1.807) is 0 Å². The quantitative estimate of drug-likeness (QED) is 0.796. The van der Waals surface area contributed by atoms with E-state index in [1.165, 1.54) is 24.0 Å². The van der Waals surface area contributed by atoms with Crippen LogP contribution >= 0.6 is 15.9 Å². The predicted octanol–water partition coefficient (Wildman–Crippen LogP) is 5.02. The number of nitrogens with one attached hydrogen (secondary N) is 1. The molecule has 1 aliphatic carbocycles. The molecule has 2 nitrogen and oxygen atoms in total. The van der Waals surface area contributed by atoms with Gasteiger partial charge in [-0.25, -0.2) is 4.98 Å². The minimum Gasteiger partial charge on any atom is -0.377 e. The standard InChI is InChI=1S/C17H19BrN2/c1-11-3-5-13(6-4-11)16(14-7-8-14)20-15-9-12(2)17(18)19-10-15/h3-6,9-10,14,16,20H,7-8H2,1-2H3. The van der Waals surface area contributed by atoms with Crippen LogP contribution in [-0.2, 0) is 0 Å². The second-order valence-electron chi connectivity index (χ2n) is 5.70. The van der Waals surface area contributed by atoms with Gasteiger partial charge in [0.05, 0.1) is 17.9 Å². The van der Waals surface area contributed by atoms with E-state index in [0.717, 1.165) is 21.8 Å². The Bertz CT molecular complexity index is 603. The molecule has 1 heterocycles. The summed E-state index contributed by atoms with van der Waals surface area (Å²) in [6.45, 7) is 4.20. The van der Waals surface area contributed by atoms with Crippen molar-refractivity contribution in [1.29, 1.82) is 0 Å². The zero-order valence-electron chi connectivity index (χ0n) is 11.9. The molecule has 20 heavy (non-hydrogen) atoms. The van der Waals surface area contributed by atoms with E-state index in [1.807, 2.05) is 6.20 Å². The zero-order chi connectivity index (χ0) is 14.1. The lowest BCUT2D eigenvalue weighted by atomic mass is 10.0. The van der Waals surface area contributed by atoms with Crippen LogP contribution in [-0.4, -0.2) is 4.98 Å². The molecule has 1 atom stereocenters. The van der Waals surface area contributed by atoms with Crippen molar-refractivity contribution in [1.82, 2.24) is 4.98 Å². The Hall–Kier alpha value is -1.35. The fourth-order valence-electron chi connectivity index (χ4n) is 2.49. The fraction of sp³-hybridized carbons (Fsp3) is 0.353. The highest BCUT2D eigenvalue weighted by atomic mass is 79.9. The van der Waals surface area contributed by atoms with E-state index in [-0.39, 0.29) is 0 Å². The number of hydrogen-bond donors (Lipinski definition) is 1. The third-order valence-electron chi connectivity index (χ3n) is 3.87. The summed E-state index contributed by atoms with van der Waals surface area (Å²) in [6.07, 6.45) is 4.53. The first-order chi connectivity index (χ1) is 9.63. The molecule has 0 bridgehead atoms. The Morgan fingerprint density at radius 1 is 1.20 bits per heavy atom. The summed E-state index contributed by atoms with van der Waals surface area (Å²) < 4.78 is 0.918. The van der Waals surface area contributed by atoms with Crippen LogP contribution in [0.5, 0.6) is 0 Å². The lowest BCUT2D eigenvalue weighted by molar-refractivity contribution is 0.678. The van der Waals surface area contributed by atoms with Gasteiger partial charge in [0.2, 0.25) is 0 Å². The Labute approximate surface area is 128 Å². The molecule has 1 aliphatic rings. The van der Waals surface area contributed by atoms with Crippen LogP contribution in [0.15, 0.2) is 41.1 Å². The number of rotatable bonds is 4. The first kappa shape index (κ1) is 13.6. The second-order valence-corrected chi connectivity index (χ2v) is 6.45. The van der Waals surface area contributed by atoms with Crippen LogP contribution in [0.3, 0.4) is 0 Å². The molecule has 1 aromatic heterocycles. The molecule has 1 unspecified atom stereocenters. The van der Waals surface area contributed by atoms with E-state index < -0.39 is 0 Å². The molecule has 1 N–H and O–H groups in total. The highest BCUT2D eigenvalue weighted by molar-refractivity contribution is 9.10. The lowest BCUT2D eigenvalue weighted by Gasteiger charge is -2.20. The van der Waals surface area contributed by atoms with Gasteiger partial charge in [-0.05, 0) is 65.7 Å². The van der Waals surface area contributed by atoms with Crippen LogP contribution in [0.4, 0.5) is 5.69 Å². The summed E-state index contributed by atoms with van der Waals surface area (Å²) >= 11 is 3.45. The zero-order valence-corrected chi connectivity index (χ0v) is 13.4. The van der Waals surface area contributed by atoms with Gasteiger partial charge in [-0.15, -0.1) is 0 Å². The third kappa shape index (κ3) is 3.04. The molecule has 3 heteroatoms. The van der Waals surface area contributed by atoms with Gasteiger partial charge >= 0.3 is 0 Å². The summed E-state index contributed by atoms with van der Waals surface area (Å²) in [7, 11) is 0. The summed E-state index contributed by atoms with van der Waals surface area (Å²) in [6, 6.07) is 11.4. The SMILES string of the molecule is Cc1ccc(C(Nc2cnc(Br)c(C)c2)C2CC2)cc1. The molecule has 104 valence electrons. The minimum atomic E-state index is 0.401. The summed E-state index contributed by atoms with van der Waals surface area (Å²) in [5, 5.41) is 3.66. The largest absolute Gasteiger partial charge is 0.377 e. The van der Waals surface area contributed by atoms with Gasteiger partial charge in [0.25, 0.3) is 0 Å². The third-order valence-corrected chi connectivity index (χ3v) is 4.70. The molecule has 0 aliphatic heterocycles. The maximum Gasteiger partial charge on any atom is 0.109 e. The van der Waals surface area contributed by atoms with Crippen molar-refractivity contribution in [3.63, 3.8) is 0 Å². The molecule has 0 amide bonds. The first-order valence-corrected chi connectivity index (χ1v) is 7.88. The van der Waals surface area contributed by atoms with Crippen LogP contribution in [0, 0.1) is 19.8 Å². The maximum absolute atomic E-state index is 4.37. The predicted molar refractivity (Wildman–Crippen MR) is 86.9 cm³/mol. The van der Waals surface area contributed by atoms with Gasteiger partial charge in [0, 0.05) is 0 Å². The van der Waals surface area contributed by atoms with Gasteiger partial charge in [-0.1, -0.05) is 29.8 Å². The number of anilines is 1. The summed E-state index contributed by atoms with van der Waals surface area (Å²) in [5.41, 5.74) is 4.94. The highest BCUT2D eigenvalue weighted by Crippen LogP contribution is 2.43. The van der Waals surface area contributed by atoms with Crippen molar-refractivity contribution in [3.8, 4) is 0 Å². The van der Waals surface area contributed by atoms with E-state index in [9.17, 15) is 0 Å². The first-order valence-electron chi connectivity index (χ1n) is 7.09. The number of benzene rings is 1. The lowest BCUT2D eigenvalue weighted by Crippen LogP contribution is -2.13. The van der Waals surface area contributed by atoms with Crippen LogP contribution in [0.2, 0.25) is 0 Å². The molecule has 1 saturated carbocycles. The molecule has 0 saturated heterocycles. The molecule has 1 fully saturated rings. The van der Waals surface area contributed by atoms with Crippen molar-refractivity contribution in [3.05, 3.63) is 57.8 Å². The summed E-state index contributed by atoms with van der Waals surface area (Å²) in [4.78, 5) is 4.37. The normalized spacial score (nSPS) is 15.9. The van der Waals surface area contributed by atoms with Gasteiger partial charge in [-0.2, -0.15) is 0 Å². The Balaban J connectivity index is 1.84. The van der Waals surface area contributed by atoms with Crippen molar-refractivity contribution in [2.24, 2.45) is 5.92 Å². The van der Waals surface area contributed by atoms with Crippen molar-refractivity contribution in [2.45, 2.75) is 32.7 Å². The number of pyridine rings is 1. The molecule has 1 aromatic carbocycles. The van der Waals surface area contributed by atoms with Crippen molar-refractivity contribution in [2.75, 3.05) is 5.32 Å². The molecular weight excluding hydrogens is 312 g/mol. The Morgan fingerprint density at radius 2 is 1.90 bits per heavy atom. The van der Waals surface area contributed by atoms with Gasteiger partial charge in [0.15, 0.2) is 0 Å². The average molecular weight is 331 g/mol. The van der Waals surface area contributed by atoms with E-state index in [0.29, 0.717) is 6.04 Å². The van der Waals surface area contributed by atoms with Crippen LogP contribution in [0.1, 0.15) is 35.6 Å². The Kier molecular flexibility index (Phi) is 3.79. The smallest absolute Gasteiger partial charge is 0.109 e. The number of aromatic nitrogens is 1. The van der Waals surface area contributed by atoms with Crippen molar-refractivity contribution >= 4 is 21.6 Å². The van der Waals surface area contributed by atoms with Crippen molar-refractivity contribution < 1.29 is 0 Å². The van der Waals surface area contributed by atoms with E-state index >= 15 is 0 Å². The minimum absolute atomic E-state index is 0.401. The van der Waals surface area contributed by atoms with Crippen LogP contribution < -0.4 is 5.32 Å². The monoisotopic (exact) mass is 330 g/mol. The number of nitrogens with zero attached hydrogens (tertiary/aromatic N) is 1. The highest BCUT2D eigenvalue weighted by Gasteiger charge is 2.32. The Morgan fingerprint density at radius 3 is 2.50 bits per heavy atom. The molecule has 3 rings (SSSR count). The number of hydrogen-bond acceptors (Lipinski definition) is 2. The van der Waals surface area contributed by atoms with Gasteiger partial charge in [-0.3, -0.25) is 0 Å². The van der Waals surface area contributed by atoms with Gasteiger partial charge in [0.1, 0.15) is 4.60 Å². The fourth-order valence-corrected chi connectivity index (χ4v) is 2.71. The average Bonchev–Trinajstić information content (AvgIpc) is 3.26. The molecule has 0 spiro atoms. The number of aryl methyl sites for hydroxylation is 2. The molecule has 2 aromatic rings. The summed E-state index contributed by atoms with van der Waals surface area (Å²) in [5.74, 6) is 0.752. The number of halogens is 1. The van der Waals surface area contributed by atoms with E-state index in [2.05, 4.69) is 70.4 Å². The molecule has 0 radical (unpaired) electrons.